The third-order valence-electron chi connectivity index (χ3n) is 5.31. The van der Waals surface area contributed by atoms with Gasteiger partial charge in [0.25, 0.3) is 0 Å². The van der Waals surface area contributed by atoms with Crippen LogP contribution in [-0.2, 0) is 6.42 Å². The number of methoxy groups -OCH3 is 1. The van der Waals surface area contributed by atoms with Crippen molar-refractivity contribution < 1.29 is 4.74 Å². The molecule has 1 aromatic carbocycles. The Labute approximate surface area is 127 Å². The number of ether oxygens (including phenoxy) is 1. The van der Waals surface area contributed by atoms with E-state index in [-0.39, 0.29) is 0 Å². The first-order chi connectivity index (χ1) is 10.3. The first-order valence-electron chi connectivity index (χ1n) is 8.06. The molecule has 1 saturated heterocycles. The molecule has 3 atom stereocenters. The van der Waals surface area contributed by atoms with Crippen molar-refractivity contribution in [3.63, 3.8) is 0 Å². The summed E-state index contributed by atoms with van der Waals surface area (Å²) < 4.78 is 5.61. The SMILES string of the molecule is COc1cccc2c1C1CN(CC3C=CC=CC3)CC1C2. The zero-order valence-corrected chi connectivity index (χ0v) is 12.7. The van der Waals surface area contributed by atoms with Crippen LogP contribution in [0.2, 0.25) is 0 Å². The number of allylic oxidation sites excluding steroid dienone is 3. The van der Waals surface area contributed by atoms with Gasteiger partial charge in [0, 0.05) is 31.1 Å². The normalized spacial score (nSPS) is 30.4. The molecule has 0 N–H and O–H groups in total. The van der Waals surface area contributed by atoms with Crippen molar-refractivity contribution in [2.75, 3.05) is 26.7 Å². The molecule has 0 radical (unpaired) electrons. The van der Waals surface area contributed by atoms with Gasteiger partial charge in [-0.3, -0.25) is 0 Å². The molecule has 1 aliphatic heterocycles. The van der Waals surface area contributed by atoms with Crippen molar-refractivity contribution in [1.29, 1.82) is 0 Å². The fourth-order valence-corrected chi connectivity index (χ4v) is 4.39. The molecular weight excluding hydrogens is 258 g/mol. The van der Waals surface area contributed by atoms with Crippen molar-refractivity contribution >= 4 is 0 Å². The molecule has 1 fully saturated rings. The number of rotatable bonds is 3. The number of nitrogens with zero attached hydrogens (tertiary/aromatic N) is 1. The first-order valence-corrected chi connectivity index (χ1v) is 8.06. The minimum absolute atomic E-state index is 0.680. The molecule has 0 bridgehead atoms. The Bertz CT molecular complexity index is 589. The standard InChI is InChI=1S/C19H23NO/c1-21-18-9-5-8-15-10-16-12-20(13-17(16)19(15)18)11-14-6-3-2-4-7-14/h2-6,8-9,14,16-17H,7,10-13H2,1H3. The number of hydrogen-bond donors (Lipinski definition) is 0. The Hall–Kier alpha value is -1.54. The molecule has 110 valence electrons. The predicted molar refractivity (Wildman–Crippen MR) is 85.8 cm³/mol. The molecule has 0 amide bonds. The smallest absolute Gasteiger partial charge is 0.122 e. The third-order valence-corrected chi connectivity index (χ3v) is 5.31. The van der Waals surface area contributed by atoms with E-state index in [9.17, 15) is 0 Å². The molecule has 2 heteroatoms. The maximum absolute atomic E-state index is 5.61. The third kappa shape index (κ3) is 2.32. The van der Waals surface area contributed by atoms with Gasteiger partial charge in [0.1, 0.15) is 5.75 Å². The second kappa shape index (κ2) is 5.34. The van der Waals surface area contributed by atoms with Gasteiger partial charge in [-0.15, -0.1) is 0 Å². The zero-order valence-electron chi connectivity index (χ0n) is 12.7. The average molecular weight is 281 g/mol. The van der Waals surface area contributed by atoms with E-state index in [1.807, 2.05) is 0 Å². The summed E-state index contributed by atoms with van der Waals surface area (Å²) in [4.78, 5) is 2.67. The van der Waals surface area contributed by atoms with Gasteiger partial charge in [-0.25, -0.2) is 0 Å². The van der Waals surface area contributed by atoms with Crippen LogP contribution in [0, 0.1) is 11.8 Å². The van der Waals surface area contributed by atoms with E-state index in [0.29, 0.717) is 11.8 Å². The summed E-state index contributed by atoms with van der Waals surface area (Å²) >= 11 is 0. The van der Waals surface area contributed by atoms with E-state index in [4.69, 9.17) is 4.74 Å². The lowest BCUT2D eigenvalue weighted by atomic mass is 9.96. The Kier molecular flexibility index (Phi) is 3.34. The summed E-state index contributed by atoms with van der Waals surface area (Å²) in [6, 6.07) is 6.55. The highest BCUT2D eigenvalue weighted by atomic mass is 16.5. The zero-order chi connectivity index (χ0) is 14.2. The molecule has 2 nitrogen and oxygen atoms in total. The average Bonchev–Trinajstić information content (AvgIpc) is 3.04. The van der Waals surface area contributed by atoms with Gasteiger partial charge < -0.3 is 9.64 Å². The molecule has 2 aliphatic carbocycles. The van der Waals surface area contributed by atoms with Crippen LogP contribution in [0.25, 0.3) is 0 Å². The van der Waals surface area contributed by atoms with Crippen molar-refractivity contribution in [3.05, 3.63) is 53.6 Å². The molecule has 0 spiro atoms. The topological polar surface area (TPSA) is 12.5 Å². The molecular formula is C19H23NO. The number of likely N-dealkylation sites (tertiary alicyclic amines) is 1. The highest BCUT2D eigenvalue weighted by molar-refractivity contribution is 5.48. The van der Waals surface area contributed by atoms with Crippen LogP contribution in [0.5, 0.6) is 5.75 Å². The highest BCUT2D eigenvalue weighted by Gasteiger charge is 2.41. The van der Waals surface area contributed by atoms with Gasteiger partial charge in [-0.2, -0.15) is 0 Å². The van der Waals surface area contributed by atoms with Gasteiger partial charge in [0.05, 0.1) is 7.11 Å². The number of fused-ring (bicyclic) bond motifs is 3. The lowest BCUT2D eigenvalue weighted by Gasteiger charge is -2.23. The second-order valence-corrected chi connectivity index (χ2v) is 6.63. The van der Waals surface area contributed by atoms with Crippen LogP contribution < -0.4 is 4.74 Å². The molecule has 3 aliphatic rings. The fourth-order valence-electron chi connectivity index (χ4n) is 4.39. The van der Waals surface area contributed by atoms with Crippen molar-refractivity contribution in [1.82, 2.24) is 4.90 Å². The molecule has 4 rings (SSSR count). The van der Waals surface area contributed by atoms with Gasteiger partial charge >= 0.3 is 0 Å². The number of hydrogen-bond acceptors (Lipinski definition) is 2. The molecule has 1 aromatic rings. The lowest BCUT2D eigenvalue weighted by molar-refractivity contribution is 0.288. The Morgan fingerprint density at radius 3 is 3.00 bits per heavy atom. The van der Waals surface area contributed by atoms with Gasteiger partial charge in [0.15, 0.2) is 0 Å². The van der Waals surface area contributed by atoms with Crippen molar-refractivity contribution in [3.8, 4) is 5.75 Å². The van der Waals surface area contributed by atoms with Gasteiger partial charge in [-0.05, 0) is 36.3 Å². The fraction of sp³-hybridized carbons (Fsp3) is 0.474. The summed E-state index contributed by atoms with van der Waals surface area (Å²) in [6.45, 7) is 3.65. The van der Waals surface area contributed by atoms with Gasteiger partial charge in [-0.1, -0.05) is 36.4 Å². The summed E-state index contributed by atoms with van der Waals surface area (Å²) in [7, 11) is 1.80. The van der Waals surface area contributed by atoms with Crippen molar-refractivity contribution in [2.45, 2.75) is 18.8 Å². The van der Waals surface area contributed by atoms with Gasteiger partial charge in [0.2, 0.25) is 0 Å². The van der Waals surface area contributed by atoms with Crippen LogP contribution in [0.4, 0.5) is 0 Å². The van der Waals surface area contributed by atoms with E-state index in [2.05, 4.69) is 47.4 Å². The van der Waals surface area contributed by atoms with Crippen LogP contribution in [0.3, 0.4) is 0 Å². The maximum atomic E-state index is 5.61. The summed E-state index contributed by atoms with van der Waals surface area (Å²) in [6.07, 6.45) is 11.4. The molecule has 21 heavy (non-hydrogen) atoms. The predicted octanol–water partition coefficient (Wildman–Crippen LogP) is 3.40. The summed E-state index contributed by atoms with van der Waals surface area (Å²) in [5.74, 6) is 3.27. The van der Waals surface area contributed by atoms with Crippen LogP contribution in [0.15, 0.2) is 42.5 Å². The molecule has 3 unspecified atom stereocenters. The lowest BCUT2D eigenvalue weighted by Crippen LogP contribution is -2.28. The quantitative estimate of drug-likeness (QED) is 0.842. The molecule has 1 heterocycles. The highest BCUT2D eigenvalue weighted by Crippen LogP contribution is 2.47. The van der Waals surface area contributed by atoms with E-state index in [1.165, 1.54) is 43.6 Å². The van der Waals surface area contributed by atoms with Crippen molar-refractivity contribution in [2.24, 2.45) is 11.8 Å². The second-order valence-electron chi connectivity index (χ2n) is 6.63. The summed E-state index contributed by atoms with van der Waals surface area (Å²) in [5, 5.41) is 0. The minimum Gasteiger partial charge on any atom is -0.496 e. The molecule has 0 saturated carbocycles. The summed E-state index contributed by atoms with van der Waals surface area (Å²) in [5.41, 5.74) is 3.01. The Balaban J connectivity index is 1.49. The Morgan fingerprint density at radius 2 is 2.19 bits per heavy atom. The maximum Gasteiger partial charge on any atom is 0.122 e. The minimum atomic E-state index is 0.680. The molecule has 0 aromatic heterocycles. The van der Waals surface area contributed by atoms with Crippen LogP contribution in [0.1, 0.15) is 23.5 Å². The van der Waals surface area contributed by atoms with Crippen LogP contribution >= 0.6 is 0 Å². The van der Waals surface area contributed by atoms with E-state index >= 15 is 0 Å². The van der Waals surface area contributed by atoms with E-state index in [1.54, 1.807) is 7.11 Å². The Morgan fingerprint density at radius 1 is 1.24 bits per heavy atom. The largest absolute Gasteiger partial charge is 0.496 e. The number of benzene rings is 1. The first kappa shape index (κ1) is 13.1. The van der Waals surface area contributed by atoms with Crippen LogP contribution in [-0.4, -0.2) is 31.6 Å². The van der Waals surface area contributed by atoms with E-state index < -0.39 is 0 Å². The van der Waals surface area contributed by atoms with E-state index in [0.717, 1.165) is 11.7 Å². The monoisotopic (exact) mass is 281 g/mol.